The van der Waals surface area contributed by atoms with Gasteiger partial charge < -0.3 is 14.2 Å². The summed E-state index contributed by atoms with van der Waals surface area (Å²) in [5.41, 5.74) is 1.93. The molecule has 0 unspecified atom stereocenters. The number of amides is 1. The summed E-state index contributed by atoms with van der Waals surface area (Å²) in [6, 6.07) is 18.6. The van der Waals surface area contributed by atoms with Crippen molar-refractivity contribution in [1.29, 1.82) is 0 Å². The van der Waals surface area contributed by atoms with Crippen LogP contribution in [0.1, 0.15) is 31.7 Å². The SMILES string of the molecule is CCCCCc1ccc(N(C(=O)C(=O)OC)c2cccc(Oc3ccc(OC(F)(F)F)cc3)c2)cc1. The molecule has 0 aromatic heterocycles. The average molecular weight is 502 g/mol. The summed E-state index contributed by atoms with van der Waals surface area (Å²) in [7, 11) is 1.13. The molecule has 0 radical (unpaired) electrons. The number of anilines is 2. The normalized spacial score (nSPS) is 11.0. The van der Waals surface area contributed by atoms with Crippen LogP contribution < -0.4 is 14.4 Å². The second-order valence-electron chi connectivity index (χ2n) is 7.87. The predicted molar refractivity (Wildman–Crippen MR) is 128 cm³/mol. The molecule has 9 heteroatoms. The molecule has 0 spiro atoms. The van der Waals surface area contributed by atoms with Crippen LogP contribution in [0.15, 0.2) is 72.8 Å². The number of nitrogens with zero attached hydrogens (tertiary/aromatic N) is 1. The van der Waals surface area contributed by atoms with E-state index in [2.05, 4.69) is 16.4 Å². The molecule has 0 aliphatic carbocycles. The average Bonchev–Trinajstić information content (AvgIpc) is 2.85. The van der Waals surface area contributed by atoms with Crippen LogP contribution in [-0.4, -0.2) is 25.3 Å². The zero-order chi connectivity index (χ0) is 26.1. The van der Waals surface area contributed by atoms with Crippen LogP contribution in [0, 0.1) is 0 Å². The Labute approximate surface area is 207 Å². The van der Waals surface area contributed by atoms with Gasteiger partial charge in [-0.2, -0.15) is 0 Å². The minimum Gasteiger partial charge on any atom is -0.462 e. The number of halogens is 3. The van der Waals surface area contributed by atoms with Gasteiger partial charge in [-0.3, -0.25) is 9.69 Å². The maximum absolute atomic E-state index is 12.9. The van der Waals surface area contributed by atoms with Gasteiger partial charge in [-0.25, -0.2) is 4.79 Å². The lowest BCUT2D eigenvalue weighted by Gasteiger charge is -2.22. The molecule has 3 rings (SSSR count). The second kappa shape index (κ2) is 12.1. The molecule has 6 nitrogen and oxygen atoms in total. The van der Waals surface area contributed by atoms with E-state index < -0.39 is 18.2 Å². The second-order valence-corrected chi connectivity index (χ2v) is 7.87. The van der Waals surface area contributed by atoms with Gasteiger partial charge in [-0.15, -0.1) is 13.2 Å². The van der Waals surface area contributed by atoms with Crippen LogP contribution in [-0.2, 0) is 20.7 Å². The summed E-state index contributed by atoms with van der Waals surface area (Å²) >= 11 is 0. The number of hydrogen-bond acceptors (Lipinski definition) is 5. The summed E-state index contributed by atoms with van der Waals surface area (Å²) in [4.78, 5) is 26.2. The first-order valence-corrected chi connectivity index (χ1v) is 11.3. The van der Waals surface area contributed by atoms with Crippen LogP contribution in [0.5, 0.6) is 17.2 Å². The smallest absolute Gasteiger partial charge is 0.462 e. The van der Waals surface area contributed by atoms with Crippen molar-refractivity contribution in [3.63, 3.8) is 0 Å². The third-order valence-electron chi connectivity index (χ3n) is 5.20. The van der Waals surface area contributed by atoms with E-state index in [1.807, 2.05) is 12.1 Å². The Morgan fingerprint density at radius 1 is 0.833 bits per heavy atom. The molecular weight excluding hydrogens is 475 g/mol. The molecule has 36 heavy (non-hydrogen) atoms. The molecule has 0 bridgehead atoms. The third kappa shape index (κ3) is 7.49. The molecule has 190 valence electrons. The Kier molecular flexibility index (Phi) is 8.94. The van der Waals surface area contributed by atoms with Gasteiger partial charge in [-0.05, 0) is 66.9 Å². The Morgan fingerprint density at radius 3 is 2.11 bits per heavy atom. The monoisotopic (exact) mass is 501 g/mol. The van der Waals surface area contributed by atoms with Crippen molar-refractivity contribution in [2.24, 2.45) is 0 Å². The first kappa shape index (κ1) is 26.6. The quantitative estimate of drug-likeness (QED) is 0.180. The van der Waals surface area contributed by atoms with E-state index in [1.165, 1.54) is 23.1 Å². The molecule has 0 atom stereocenters. The van der Waals surface area contributed by atoms with Gasteiger partial charge in [0.2, 0.25) is 0 Å². The van der Waals surface area contributed by atoms with Crippen molar-refractivity contribution >= 4 is 23.3 Å². The van der Waals surface area contributed by atoms with Crippen molar-refractivity contribution in [1.82, 2.24) is 0 Å². The fourth-order valence-electron chi connectivity index (χ4n) is 3.48. The van der Waals surface area contributed by atoms with Gasteiger partial charge in [0.05, 0.1) is 12.8 Å². The van der Waals surface area contributed by atoms with E-state index in [4.69, 9.17) is 4.74 Å². The number of carbonyl (C=O) groups is 2. The van der Waals surface area contributed by atoms with Crippen LogP contribution in [0.3, 0.4) is 0 Å². The molecule has 0 aliphatic rings. The minimum absolute atomic E-state index is 0.254. The number of esters is 1. The fraction of sp³-hybridized carbons (Fsp3) is 0.259. The molecule has 0 saturated heterocycles. The summed E-state index contributed by atoms with van der Waals surface area (Å²) in [5.74, 6) is -1.74. The Morgan fingerprint density at radius 2 is 1.50 bits per heavy atom. The fourth-order valence-corrected chi connectivity index (χ4v) is 3.48. The Hall–Kier alpha value is -4.01. The summed E-state index contributed by atoms with van der Waals surface area (Å²) in [5, 5.41) is 0. The molecule has 0 N–H and O–H groups in total. The van der Waals surface area contributed by atoms with Crippen LogP contribution >= 0.6 is 0 Å². The van der Waals surface area contributed by atoms with Crippen LogP contribution in [0.2, 0.25) is 0 Å². The van der Waals surface area contributed by atoms with Crippen molar-refractivity contribution in [3.05, 3.63) is 78.4 Å². The van der Waals surface area contributed by atoms with Crippen LogP contribution in [0.25, 0.3) is 0 Å². The van der Waals surface area contributed by atoms with Crippen LogP contribution in [0.4, 0.5) is 24.5 Å². The molecule has 3 aromatic rings. The van der Waals surface area contributed by atoms with Crippen molar-refractivity contribution in [3.8, 4) is 17.2 Å². The Balaban J connectivity index is 1.84. The van der Waals surface area contributed by atoms with Crippen molar-refractivity contribution in [2.75, 3.05) is 12.0 Å². The highest BCUT2D eigenvalue weighted by molar-refractivity contribution is 6.39. The highest BCUT2D eigenvalue weighted by Gasteiger charge is 2.31. The number of hydrogen-bond donors (Lipinski definition) is 0. The first-order valence-electron chi connectivity index (χ1n) is 11.3. The van der Waals surface area contributed by atoms with E-state index in [0.29, 0.717) is 17.1 Å². The minimum atomic E-state index is -4.79. The standard InChI is InChI=1S/C27H26F3NO5/c1-3-4-5-7-19-10-12-20(13-11-19)31(25(32)26(33)34-2)21-8-6-9-24(18-21)35-22-14-16-23(17-15-22)36-27(28,29)30/h6,8-18H,3-5,7H2,1-2H3. The first-order chi connectivity index (χ1) is 17.2. The number of alkyl halides is 3. The topological polar surface area (TPSA) is 65.1 Å². The van der Waals surface area contributed by atoms with E-state index in [1.54, 1.807) is 30.3 Å². The van der Waals surface area contributed by atoms with Gasteiger partial charge in [0, 0.05) is 11.8 Å². The maximum atomic E-state index is 12.9. The molecule has 0 heterocycles. The van der Waals surface area contributed by atoms with Gasteiger partial charge in [-0.1, -0.05) is 38.0 Å². The Bertz CT molecular complexity index is 1160. The van der Waals surface area contributed by atoms with Crippen molar-refractivity contribution in [2.45, 2.75) is 39.0 Å². The molecule has 1 amide bonds. The van der Waals surface area contributed by atoms with E-state index in [-0.39, 0.29) is 11.5 Å². The lowest BCUT2D eigenvalue weighted by atomic mass is 10.1. The molecule has 3 aromatic carbocycles. The lowest BCUT2D eigenvalue weighted by Crippen LogP contribution is -2.33. The van der Waals surface area contributed by atoms with Gasteiger partial charge in [0.25, 0.3) is 0 Å². The highest BCUT2D eigenvalue weighted by Crippen LogP contribution is 2.32. The summed E-state index contributed by atoms with van der Waals surface area (Å²) < 4.78 is 51.4. The van der Waals surface area contributed by atoms with Gasteiger partial charge in [0.1, 0.15) is 17.2 Å². The summed E-state index contributed by atoms with van der Waals surface area (Å²) in [6.07, 6.45) is -0.582. The molecule has 0 fully saturated rings. The zero-order valence-electron chi connectivity index (χ0n) is 19.9. The number of rotatable bonds is 9. The zero-order valence-corrected chi connectivity index (χ0v) is 19.9. The number of benzene rings is 3. The van der Waals surface area contributed by atoms with E-state index in [0.717, 1.165) is 50.5 Å². The van der Waals surface area contributed by atoms with E-state index in [9.17, 15) is 22.8 Å². The number of ether oxygens (including phenoxy) is 3. The predicted octanol–water partition coefficient (Wildman–Crippen LogP) is 6.95. The number of methoxy groups -OCH3 is 1. The third-order valence-corrected chi connectivity index (χ3v) is 5.20. The van der Waals surface area contributed by atoms with Gasteiger partial charge >= 0.3 is 18.2 Å². The largest absolute Gasteiger partial charge is 0.573 e. The molecule has 0 aliphatic heterocycles. The number of carbonyl (C=O) groups excluding carboxylic acids is 2. The van der Waals surface area contributed by atoms with Gasteiger partial charge in [0.15, 0.2) is 0 Å². The maximum Gasteiger partial charge on any atom is 0.573 e. The summed E-state index contributed by atoms with van der Waals surface area (Å²) in [6.45, 7) is 2.13. The van der Waals surface area contributed by atoms with E-state index >= 15 is 0 Å². The van der Waals surface area contributed by atoms with Crippen molar-refractivity contribution < 1.29 is 37.0 Å². The highest BCUT2D eigenvalue weighted by atomic mass is 19.4. The number of unbranched alkanes of at least 4 members (excludes halogenated alkanes) is 2. The lowest BCUT2D eigenvalue weighted by molar-refractivity contribution is -0.274. The molecular formula is C27H26F3NO5. The molecule has 0 saturated carbocycles. The number of aryl methyl sites for hydroxylation is 1.